The summed E-state index contributed by atoms with van der Waals surface area (Å²) >= 11 is 0. The van der Waals surface area contributed by atoms with Gasteiger partial charge in [-0.1, -0.05) is 6.07 Å². The lowest BCUT2D eigenvalue weighted by molar-refractivity contribution is 0.00712. The van der Waals surface area contributed by atoms with Crippen molar-refractivity contribution in [1.82, 2.24) is 19.9 Å². The molecule has 0 bridgehead atoms. The van der Waals surface area contributed by atoms with Crippen LogP contribution in [0.1, 0.15) is 50.4 Å². The van der Waals surface area contributed by atoms with Gasteiger partial charge in [-0.05, 0) is 64.3 Å². The number of ether oxygens (including phenoxy) is 2. The van der Waals surface area contributed by atoms with Crippen molar-refractivity contribution in [1.29, 1.82) is 0 Å². The molecule has 10 heteroatoms. The minimum atomic E-state index is -2.29. The van der Waals surface area contributed by atoms with Crippen LogP contribution in [0.25, 0.3) is 10.9 Å². The summed E-state index contributed by atoms with van der Waals surface area (Å²) in [6.45, 7) is 8.67. The second-order valence-corrected chi connectivity index (χ2v) is 13.2. The number of aryl methyl sites for hydroxylation is 1. The van der Waals surface area contributed by atoms with Crippen LogP contribution >= 0.6 is 0 Å². The van der Waals surface area contributed by atoms with Gasteiger partial charge in [-0.25, -0.2) is 24.0 Å². The average molecular weight is 526 g/mol. The lowest BCUT2D eigenvalue weighted by Gasteiger charge is -2.34. The van der Waals surface area contributed by atoms with Crippen LogP contribution in [-0.2, 0) is 20.9 Å². The zero-order chi connectivity index (χ0) is 26.8. The first-order chi connectivity index (χ1) is 17.4. The van der Waals surface area contributed by atoms with Crippen molar-refractivity contribution in [3.63, 3.8) is 0 Å². The number of likely N-dealkylation sites (tertiary alicyclic amines) is 1. The molecule has 0 aliphatic carbocycles. The van der Waals surface area contributed by atoms with Gasteiger partial charge < -0.3 is 14.4 Å². The van der Waals surface area contributed by atoms with E-state index in [1.807, 2.05) is 52.0 Å². The van der Waals surface area contributed by atoms with Crippen molar-refractivity contribution >= 4 is 32.4 Å². The van der Waals surface area contributed by atoms with E-state index < -0.39 is 15.3 Å². The number of carbonyl (C=O) groups is 1. The Balaban J connectivity index is 1.57. The Labute approximate surface area is 218 Å². The highest BCUT2D eigenvalue weighted by Gasteiger charge is 2.29. The molecular formula is C27H35N5O4S. The zero-order valence-electron chi connectivity index (χ0n) is 22.4. The van der Waals surface area contributed by atoms with Gasteiger partial charge in [0.1, 0.15) is 18.0 Å². The van der Waals surface area contributed by atoms with E-state index in [-0.39, 0.29) is 12.2 Å². The molecule has 1 aliphatic heterocycles. The fourth-order valence-electron chi connectivity index (χ4n) is 4.42. The summed E-state index contributed by atoms with van der Waals surface area (Å²) in [6, 6.07) is 7.61. The summed E-state index contributed by atoms with van der Waals surface area (Å²) in [7, 11) is -2.29. The molecule has 9 nitrogen and oxygen atoms in total. The predicted octanol–water partition coefficient (Wildman–Crippen LogP) is 5.06. The van der Waals surface area contributed by atoms with Gasteiger partial charge in [-0.15, -0.1) is 0 Å². The standard InChI is InChI=1S/C27H35N5O4S/c1-18-13-20(31-37(5,6)34)15-23-24(18)22(29-17-30-23)14-19-9-7-11-28-25(19)35-21-10-8-12-32(16-21)26(33)36-27(2,3)4/h7,9,11,13,15,17,21H,8,10,12,14,16H2,1-6H3/t21-/m1/s1. The Kier molecular flexibility index (Phi) is 7.68. The van der Waals surface area contributed by atoms with Crippen LogP contribution in [0, 0.1) is 6.92 Å². The number of hydrogen-bond acceptors (Lipinski definition) is 8. The van der Waals surface area contributed by atoms with Crippen molar-refractivity contribution in [2.75, 3.05) is 25.6 Å². The Bertz CT molecular complexity index is 1420. The number of benzene rings is 1. The molecule has 0 unspecified atom stereocenters. The number of pyridine rings is 1. The molecule has 2 aromatic heterocycles. The first-order valence-corrected chi connectivity index (χ1v) is 14.7. The fraction of sp³-hybridized carbons (Fsp3) is 0.481. The van der Waals surface area contributed by atoms with Crippen LogP contribution in [0.3, 0.4) is 0 Å². The Morgan fingerprint density at radius 2 is 2.00 bits per heavy atom. The Morgan fingerprint density at radius 1 is 1.22 bits per heavy atom. The quantitative estimate of drug-likeness (QED) is 0.458. The third-order valence-electron chi connectivity index (χ3n) is 5.84. The minimum Gasteiger partial charge on any atom is -0.472 e. The summed E-state index contributed by atoms with van der Waals surface area (Å²) in [6.07, 6.45) is 8.12. The van der Waals surface area contributed by atoms with E-state index in [9.17, 15) is 9.00 Å². The fourth-order valence-corrected chi connectivity index (χ4v) is 5.04. The summed E-state index contributed by atoms with van der Waals surface area (Å²) < 4.78 is 28.4. The largest absolute Gasteiger partial charge is 0.472 e. The summed E-state index contributed by atoms with van der Waals surface area (Å²) in [5.74, 6) is 0.534. The number of fused-ring (bicyclic) bond motifs is 1. The second-order valence-electron chi connectivity index (χ2n) is 10.7. The summed E-state index contributed by atoms with van der Waals surface area (Å²) in [5.41, 5.74) is 3.55. The second kappa shape index (κ2) is 10.6. The van der Waals surface area contributed by atoms with Gasteiger partial charge in [-0.3, -0.25) is 0 Å². The molecule has 1 atom stereocenters. The SMILES string of the molecule is Cc1cc(N=S(C)(C)=O)cc2ncnc(Cc3cccnc3O[C@@H]3CCCN(C(=O)OC(C)(C)C)C3)c12. The van der Waals surface area contributed by atoms with E-state index in [4.69, 9.17) is 9.47 Å². The van der Waals surface area contributed by atoms with Gasteiger partial charge in [0.15, 0.2) is 0 Å². The summed E-state index contributed by atoms with van der Waals surface area (Å²) in [5, 5.41) is 0.934. The molecule has 1 aromatic carbocycles. The summed E-state index contributed by atoms with van der Waals surface area (Å²) in [4.78, 5) is 27.8. The highest BCUT2D eigenvalue weighted by atomic mass is 32.2. The maximum absolute atomic E-state index is 12.6. The van der Waals surface area contributed by atoms with Gasteiger partial charge >= 0.3 is 6.09 Å². The monoisotopic (exact) mass is 525 g/mol. The Hall–Kier alpha value is -3.27. The van der Waals surface area contributed by atoms with Gasteiger partial charge in [0.05, 0.1) is 23.4 Å². The lowest BCUT2D eigenvalue weighted by Crippen LogP contribution is -2.46. The molecule has 1 amide bonds. The van der Waals surface area contributed by atoms with Gasteiger partial charge in [0.2, 0.25) is 5.88 Å². The molecule has 3 heterocycles. The van der Waals surface area contributed by atoms with Crippen LogP contribution in [0.2, 0.25) is 0 Å². The van der Waals surface area contributed by atoms with Crippen molar-refractivity contribution in [2.45, 2.75) is 58.7 Å². The smallest absolute Gasteiger partial charge is 0.410 e. The molecule has 1 saturated heterocycles. The molecule has 0 saturated carbocycles. The lowest BCUT2D eigenvalue weighted by atomic mass is 10.0. The molecule has 1 fully saturated rings. The highest BCUT2D eigenvalue weighted by molar-refractivity contribution is 7.92. The van der Waals surface area contributed by atoms with Crippen molar-refractivity contribution in [3.05, 3.63) is 53.6 Å². The molecule has 0 N–H and O–H groups in total. The third-order valence-corrected chi connectivity index (χ3v) is 6.49. The van der Waals surface area contributed by atoms with E-state index in [0.29, 0.717) is 31.1 Å². The molecule has 0 spiro atoms. The van der Waals surface area contributed by atoms with Gasteiger partial charge in [0, 0.05) is 52.4 Å². The van der Waals surface area contributed by atoms with E-state index in [2.05, 4.69) is 19.3 Å². The molecule has 3 aromatic rings. The van der Waals surface area contributed by atoms with Crippen LogP contribution < -0.4 is 4.74 Å². The normalized spacial score (nSPS) is 16.5. The van der Waals surface area contributed by atoms with Crippen LogP contribution in [-0.4, -0.2) is 67.5 Å². The van der Waals surface area contributed by atoms with E-state index in [1.165, 1.54) is 6.33 Å². The molecule has 1 aliphatic rings. The molecule has 4 rings (SSSR count). The Morgan fingerprint density at radius 3 is 2.73 bits per heavy atom. The van der Waals surface area contributed by atoms with Crippen molar-refractivity contribution in [3.8, 4) is 5.88 Å². The van der Waals surface area contributed by atoms with E-state index >= 15 is 0 Å². The number of amides is 1. The van der Waals surface area contributed by atoms with E-state index in [1.54, 1.807) is 23.6 Å². The third kappa shape index (κ3) is 7.15. The van der Waals surface area contributed by atoms with Gasteiger partial charge in [-0.2, -0.15) is 4.36 Å². The zero-order valence-corrected chi connectivity index (χ0v) is 23.2. The minimum absolute atomic E-state index is 0.180. The molecule has 37 heavy (non-hydrogen) atoms. The number of rotatable bonds is 5. The number of aromatic nitrogens is 3. The number of carbonyl (C=O) groups excluding carboxylic acids is 1. The predicted molar refractivity (Wildman–Crippen MR) is 145 cm³/mol. The average Bonchev–Trinajstić information content (AvgIpc) is 2.78. The van der Waals surface area contributed by atoms with Crippen LogP contribution in [0.15, 0.2) is 41.2 Å². The number of hydrogen-bond donors (Lipinski definition) is 0. The molecule has 0 radical (unpaired) electrons. The highest BCUT2D eigenvalue weighted by Crippen LogP contribution is 2.29. The maximum Gasteiger partial charge on any atom is 0.410 e. The van der Waals surface area contributed by atoms with Crippen molar-refractivity contribution < 1.29 is 18.5 Å². The molecular weight excluding hydrogens is 490 g/mol. The maximum atomic E-state index is 12.6. The van der Waals surface area contributed by atoms with E-state index in [0.717, 1.165) is 40.6 Å². The van der Waals surface area contributed by atoms with Crippen LogP contribution in [0.5, 0.6) is 5.88 Å². The van der Waals surface area contributed by atoms with Crippen LogP contribution in [0.4, 0.5) is 10.5 Å². The van der Waals surface area contributed by atoms with Crippen molar-refractivity contribution in [2.24, 2.45) is 4.36 Å². The number of piperidine rings is 1. The first-order valence-electron chi connectivity index (χ1n) is 12.4. The van der Waals surface area contributed by atoms with Gasteiger partial charge in [0.25, 0.3) is 0 Å². The first kappa shape index (κ1) is 26.8. The molecule has 198 valence electrons. The number of nitrogens with zero attached hydrogens (tertiary/aromatic N) is 5. The topological polar surface area (TPSA) is 107 Å².